The summed E-state index contributed by atoms with van der Waals surface area (Å²) in [5.41, 5.74) is -0.224. The SMILES string of the molecule is C[C@H](NS(=O)(=O)O)[C@@H](O)c1c(F)cccc1Cl. The van der Waals surface area contributed by atoms with E-state index in [0.717, 1.165) is 6.07 Å². The summed E-state index contributed by atoms with van der Waals surface area (Å²) in [6.07, 6.45) is -1.51. The first-order chi connectivity index (χ1) is 7.72. The topological polar surface area (TPSA) is 86.6 Å². The first-order valence-electron chi connectivity index (χ1n) is 4.59. The second-order valence-corrected chi connectivity index (χ2v) is 5.05. The number of halogens is 2. The fourth-order valence-corrected chi connectivity index (χ4v) is 2.22. The van der Waals surface area contributed by atoms with E-state index in [-0.39, 0.29) is 10.6 Å². The molecule has 0 aromatic heterocycles. The highest BCUT2D eigenvalue weighted by Crippen LogP contribution is 2.27. The maximum absolute atomic E-state index is 13.4. The Hall–Kier alpha value is -0.730. The predicted molar refractivity (Wildman–Crippen MR) is 60.5 cm³/mol. The molecule has 0 fully saturated rings. The van der Waals surface area contributed by atoms with Crippen molar-refractivity contribution in [2.45, 2.75) is 19.1 Å². The minimum Gasteiger partial charge on any atom is -0.387 e. The van der Waals surface area contributed by atoms with Crippen molar-refractivity contribution in [2.24, 2.45) is 0 Å². The van der Waals surface area contributed by atoms with Crippen molar-refractivity contribution in [3.05, 3.63) is 34.6 Å². The van der Waals surface area contributed by atoms with Crippen LogP contribution >= 0.6 is 11.6 Å². The zero-order chi connectivity index (χ0) is 13.2. The molecule has 5 nitrogen and oxygen atoms in total. The fraction of sp³-hybridized carbons (Fsp3) is 0.333. The highest BCUT2D eigenvalue weighted by Gasteiger charge is 2.25. The molecule has 1 aromatic carbocycles. The van der Waals surface area contributed by atoms with Crippen molar-refractivity contribution in [3.63, 3.8) is 0 Å². The Kier molecular flexibility index (Phi) is 4.45. The van der Waals surface area contributed by atoms with E-state index in [2.05, 4.69) is 0 Å². The smallest absolute Gasteiger partial charge is 0.333 e. The van der Waals surface area contributed by atoms with Gasteiger partial charge in [0.15, 0.2) is 0 Å². The van der Waals surface area contributed by atoms with Crippen LogP contribution in [0.4, 0.5) is 4.39 Å². The van der Waals surface area contributed by atoms with Crippen LogP contribution in [0.3, 0.4) is 0 Å². The maximum Gasteiger partial charge on any atom is 0.333 e. The third kappa shape index (κ3) is 3.90. The van der Waals surface area contributed by atoms with Crippen molar-refractivity contribution >= 4 is 21.9 Å². The lowest BCUT2D eigenvalue weighted by atomic mass is 10.0. The molecular formula is C9H11ClFNO4S. The van der Waals surface area contributed by atoms with Gasteiger partial charge in [0.05, 0.1) is 12.1 Å². The summed E-state index contributed by atoms with van der Waals surface area (Å²) < 4.78 is 44.8. The molecule has 0 saturated carbocycles. The quantitative estimate of drug-likeness (QED) is 0.727. The average molecular weight is 284 g/mol. The van der Waals surface area contributed by atoms with Gasteiger partial charge in [-0.2, -0.15) is 13.1 Å². The Morgan fingerprint density at radius 2 is 2.06 bits per heavy atom. The van der Waals surface area contributed by atoms with Gasteiger partial charge in [-0.1, -0.05) is 17.7 Å². The van der Waals surface area contributed by atoms with Gasteiger partial charge in [0.2, 0.25) is 0 Å². The lowest BCUT2D eigenvalue weighted by Crippen LogP contribution is -2.36. The van der Waals surface area contributed by atoms with Crippen molar-refractivity contribution in [1.82, 2.24) is 4.72 Å². The Morgan fingerprint density at radius 1 is 1.47 bits per heavy atom. The highest BCUT2D eigenvalue weighted by atomic mass is 35.5. The van der Waals surface area contributed by atoms with Crippen LogP contribution in [0.15, 0.2) is 18.2 Å². The molecule has 0 saturated heterocycles. The van der Waals surface area contributed by atoms with Crippen molar-refractivity contribution in [2.75, 3.05) is 0 Å². The first-order valence-corrected chi connectivity index (χ1v) is 6.41. The molecule has 2 atom stereocenters. The molecule has 0 amide bonds. The zero-order valence-electron chi connectivity index (χ0n) is 8.76. The molecule has 0 spiro atoms. The summed E-state index contributed by atoms with van der Waals surface area (Å²) in [4.78, 5) is 0. The van der Waals surface area contributed by atoms with Crippen molar-refractivity contribution in [1.29, 1.82) is 0 Å². The molecule has 1 rings (SSSR count). The Labute approximate surface area is 103 Å². The highest BCUT2D eigenvalue weighted by molar-refractivity contribution is 7.83. The molecule has 0 radical (unpaired) electrons. The van der Waals surface area contributed by atoms with E-state index in [1.54, 1.807) is 4.72 Å². The molecule has 0 aliphatic rings. The van der Waals surface area contributed by atoms with Gasteiger partial charge in [0, 0.05) is 10.6 Å². The Bertz CT molecular complexity index is 487. The molecule has 0 aliphatic carbocycles. The molecule has 8 heteroatoms. The normalized spacial score (nSPS) is 15.6. The number of aliphatic hydroxyl groups is 1. The van der Waals surface area contributed by atoms with Crippen molar-refractivity contribution < 1.29 is 22.5 Å². The van der Waals surface area contributed by atoms with Gasteiger partial charge in [-0.25, -0.2) is 4.39 Å². The van der Waals surface area contributed by atoms with Crippen LogP contribution in [0.2, 0.25) is 5.02 Å². The predicted octanol–water partition coefficient (Wildman–Crippen LogP) is 1.29. The summed E-state index contributed by atoms with van der Waals surface area (Å²) >= 11 is 5.70. The van der Waals surface area contributed by atoms with Gasteiger partial charge in [-0.15, -0.1) is 0 Å². The van der Waals surface area contributed by atoms with Gasteiger partial charge in [0.1, 0.15) is 5.82 Å². The fourth-order valence-electron chi connectivity index (χ4n) is 1.34. The molecule has 17 heavy (non-hydrogen) atoms. The van der Waals surface area contributed by atoms with E-state index >= 15 is 0 Å². The van der Waals surface area contributed by atoms with Crippen LogP contribution in [-0.2, 0) is 10.3 Å². The maximum atomic E-state index is 13.4. The molecule has 0 aliphatic heterocycles. The number of nitrogens with one attached hydrogen (secondary N) is 1. The lowest BCUT2D eigenvalue weighted by molar-refractivity contribution is 0.141. The summed E-state index contributed by atoms with van der Waals surface area (Å²) in [5.74, 6) is -0.756. The van der Waals surface area contributed by atoms with Crippen molar-refractivity contribution in [3.8, 4) is 0 Å². The second kappa shape index (κ2) is 5.28. The van der Waals surface area contributed by atoms with E-state index in [9.17, 15) is 17.9 Å². The zero-order valence-corrected chi connectivity index (χ0v) is 10.3. The van der Waals surface area contributed by atoms with Gasteiger partial charge in [-0.3, -0.25) is 4.55 Å². The Morgan fingerprint density at radius 3 is 2.53 bits per heavy atom. The van der Waals surface area contributed by atoms with Crippen LogP contribution in [0.1, 0.15) is 18.6 Å². The van der Waals surface area contributed by atoms with Gasteiger partial charge < -0.3 is 5.11 Å². The van der Waals surface area contributed by atoms with E-state index in [4.69, 9.17) is 16.2 Å². The van der Waals surface area contributed by atoms with Gasteiger partial charge in [-0.05, 0) is 19.1 Å². The standard InChI is InChI=1S/C9H11ClFNO4S/c1-5(12-17(14,15)16)9(13)8-6(10)3-2-4-7(8)11/h2-5,9,12-13H,1H3,(H,14,15,16)/t5-,9+/m0/s1. The molecular weight excluding hydrogens is 273 g/mol. The molecule has 0 bridgehead atoms. The van der Waals surface area contributed by atoms with Crippen LogP contribution < -0.4 is 4.72 Å². The summed E-state index contributed by atoms with van der Waals surface area (Å²) in [6, 6.07) is 2.68. The molecule has 0 heterocycles. The van der Waals surface area contributed by atoms with E-state index < -0.39 is 28.3 Å². The van der Waals surface area contributed by atoms with Crippen LogP contribution in [0.5, 0.6) is 0 Å². The minimum absolute atomic E-state index is 0.0264. The molecule has 1 aromatic rings. The first kappa shape index (κ1) is 14.3. The van der Waals surface area contributed by atoms with E-state index in [1.807, 2.05) is 0 Å². The molecule has 3 N–H and O–H groups in total. The monoisotopic (exact) mass is 283 g/mol. The number of aliphatic hydroxyl groups excluding tert-OH is 1. The second-order valence-electron chi connectivity index (χ2n) is 3.46. The molecule has 96 valence electrons. The third-order valence-electron chi connectivity index (χ3n) is 2.10. The number of rotatable bonds is 4. The van der Waals surface area contributed by atoms with E-state index in [1.165, 1.54) is 19.1 Å². The Balaban J connectivity index is 3.00. The molecule has 0 unspecified atom stereocenters. The number of benzene rings is 1. The largest absolute Gasteiger partial charge is 0.387 e. The minimum atomic E-state index is -4.48. The lowest BCUT2D eigenvalue weighted by Gasteiger charge is -2.20. The van der Waals surface area contributed by atoms with E-state index in [0.29, 0.717) is 0 Å². The van der Waals surface area contributed by atoms with Crippen LogP contribution in [0, 0.1) is 5.82 Å². The average Bonchev–Trinajstić information content (AvgIpc) is 2.14. The van der Waals surface area contributed by atoms with Crippen LogP contribution in [-0.4, -0.2) is 24.1 Å². The number of hydrogen-bond acceptors (Lipinski definition) is 3. The van der Waals surface area contributed by atoms with Gasteiger partial charge >= 0.3 is 10.3 Å². The summed E-state index contributed by atoms with van der Waals surface area (Å²) in [6.45, 7) is 1.27. The van der Waals surface area contributed by atoms with Gasteiger partial charge in [0.25, 0.3) is 0 Å². The number of hydrogen-bond donors (Lipinski definition) is 3. The third-order valence-corrected chi connectivity index (χ3v) is 3.10. The van der Waals surface area contributed by atoms with Crippen LogP contribution in [0.25, 0.3) is 0 Å². The summed E-state index contributed by atoms with van der Waals surface area (Å²) in [7, 11) is -4.48. The summed E-state index contributed by atoms with van der Waals surface area (Å²) in [5, 5.41) is 9.73.